The van der Waals surface area contributed by atoms with Gasteiger partial charge in [0.2, 0.25) is 0 Å². The second-order valence-corrected chi connectivity index (χ2v) is 5.90. The van der Waals surface area contributed by atoms with Crippen LogP contribution in [0, 0.1) is 17.8 Å². The van der Waals surface area contributed by atoms with Crippen molar-refractivity contribution in [2.75, 3.05) is 0 Å². The Morgan fingerprint density at radius 1 is 0.867 bits per heavy atom. The van der Waals surface area contributed by atoms with Crippen LogP contribution in [-0.2, 0) is 0 Å². The van der Waals surface area contributed by atoms with Crippen LogP contribution in [-0.4, -0.2) is 0 Å². The van der Waals surface area contributed by atoms with E-state index in [0.29, 0.717) is 0 Å². The average Bonchev–Trinajstić information content (AvgIpc) is 2.87. The van der Waals surface area contributed by atoms with Gasteiger partial charge in [-0.3, -0.25) is 0 Å². The highest BCUT2D eigenvalue weighted by molar-refractivity contribution is 4.85. The zero-order valence-corrected chi connectivity index (χ0v) is 10.5. The van der Waals surface area contributed by atoms with Gasteiger partial charge in [0.15, 0.2) is 0 Å². The van der Waals surface area contributed by atoms with E-state index in [1.54, 1.807) is 32.1 Å². The van der Waals surface area contributed by atoms with Crippen molar-refractivity contribution in [3.05, 3.63) is 0 Å². The first-order valence-corrected chi connectivity index (χ1v) is 7.42. The number of rotatable bonds is 5. The Labute approximate surface area is 95.8 Å². The van der Waals surface area contributed by atoms with Gasteiger partial charge in [0.05, 0.1) is 0 Å². The summed E-state index contributed by atoms with van der Waals surface area (Å²) in [4.78, 5) is 0. The van der Waals surface area contributed by atoms with E-state index in [-0.39, 0.29) is 0 Å². The van der Waals surface area contributed by atoms with E-state index >= 15 is 0 Å². The van der Waals surface area contributed by atoms with Crippen molar-refractivity contribution in [2.24, 2.45) is 17.8 Å². The molecular formula is C15H28. The highest BCUT2D eigenvalue weighted by atomic mass is 14.4. The molecule has 0 spiro atoms. The van der Waals surface area contributed by atoms with Gasteiger partial charge in [-0.15, -0.1) is 0 Å². The van der Waals surface area contributed by atoms with Crippen molar-refractivity contribution in [2.45, 2.75) is 77.6 Å². The average molecular weight is 208 g/mol. The van der Waals surface area contributed by atoms with Gasteiger partial charge in [-0.25, -0.2) is 0 Å². The van der Waals surface area contributed by atoms with E-state index in [1.165, 1.54) is 38.5 Å². The molecule has 0 heterocycles. The van der Waals surface area contributed by atoms with Gasteiger partial charge < -0.3 is 0 Å². The third-order valence-corrected chi connectivity index (χ3v) is 4.90. The van der Waals surface area contributed by atoms with E-state index in [9.17, 15) is 0 Å². The van der Waals surface area contributed by atoms with Gasteiger partial charge in [-0.1, -0.05) is 71.1 Å². The lowest BCUT2D eigenvalue weighted by atomic mass is 9.80. The van der Waals surface area contributed by atoms with E-state index < -0.39 is 0 Å². The van der Waals surface area contributed by atoms with Crippen LogP contribution in [0.25, 0.3) is 0 Å². The molecule has 2 fully saturated rings. The molecule has 2 unspecified atom stereocenters. The van der Waals surface area contributed by atoms with Gasteiger partial charge in [0.25, 0.3) is 0 Å². The van der Waals surface area contributed by atoms with Crippen LogP contribution in [0.3, 0.4) is 0 Å². The fourth-order valence-corrected chi connectivity index (χ4v) is 4.09. The number of hydrogen-bond acceptors (Lipinski definition) is 0. The summed E-state index contributed by atoms with van der Waals surface area (Å²) in [5.41, 5.74) is 0. The van der Waals surface area contributed by atoms with Crippen LogP contribution in [0.1, 0.15) is 77.6 Å². The van der Waals surface area contributed by atoms with Crippen molar-refractivity contribution < 1.29 is 0 Å². The van der Waals surface area contributed by atoms with Crippen LogP contribution < -0.4 is 0 Å². The number of hydrogen-bond donors (Lipinski definition) is 0. The number of unbranched alkanes of at least 4 members (excludes halogenated alkanes) is 2. The largest absolute Gasteiger partial charge is 0.0654 e. The highest BCUT2D eigenvalue weighted by Gasteiger charge is 2.34. The quantitative estimate of drug-likeness (QED) is 0.547. The Bertz CT molecular complexity index is 167. The summed E-state index contributed by atoms with van der Waals surface area (Å²) >= 11 is 0. The van der Waals surface area contributed by atoms with Crippen molar-refractivity contribution >= 4 is 0 Å². The first-order chi connectivity index (χ1) is 7.42. The van der Waals surface area contributed by atoms with Gasteiger partial charge in [-0.2, -0.15) is 0 Å². The molecule has 2 rings (SSSR count). The molecule has 0 bridgehead atoms. The predicted octanol–water partition coefficient (Wildman–Crippen LogP) is 5.17. The third kappa shape index (κ3) is 2.98. The van der Waals surface area contributed by atoms with Crippen molar-refractivity contribution in [3.63, 3.8) is 0 Å². The molecule has 0 amide bonds. The molecule has 2 saturated carbocycles. The summed E-state index contributed by atoms with van der Waals surface area (Å²) < 4.78 is 0. The zero-order valence-electron chi connectivity index (χ0n) is 10.5. The maximum atomic E-state index is 2.32. The van der Waals surface area contributed by atoms with Crippen LogP contribution in [0.2, 0.25) is 0 Å². The smallest absolute Gasteiger partial charge is 0.0357 e. The van der Waals surface area contributed by atoms with E-state index in [2.05, 4.69) is 6.92 Å². The van der Waals surface area contributed by atoms with Crippen molar-refractivity contribution in [3.8, 4) is 0 Å². The minimum atomic E-state index is 1.12. The molecule has 2 aliphatic carbocycles. The lowest BCUT2D eigenvalue weighted by Gasteiger charge is -2.25. The Morgan fingerprint density at radius 3 is 2.40 bits per heavy atom. The van der Waals surface area contributed by atoms with E-state index in [4.69, 9.17) is 0 Å². The molecule has 2 aliphatic rings. The van der Waals surface area contributed by atoms with Gasteiger partial charge >= 0.3 is 0 Å². The topological polar surface area (TPSA) is 0 Å². The van der Waals surface area contributed by atoms with Crippen LogP contribution in [0.15, 0.2) is 0 Å². The Balaban J connectivity index is 1.76. The molecule has 0 nitrogen and oxygen atoms in total. The first kappa shape index (κ1) is 11.5. The summed E-state index contributed by atoms with van der Waals surface area (Å²) in [6.07, 6.45) is 16.8. The van der Waals surface area contributed by atoms with Crippen molar-refractivity contribution in [1.82, 2.24) is 0 Å². The summed E-state index contributed by atoms with van der Waals surface area (Å²) in [5.74, 6) is 3.41. The molecule has 0 radical (unpaired) electrons. The molecule has 2 atom stereocenters. The van der Waals surface area contributed by atoms with Gasteiger partial charge in [0.1, 0.15) is 0 Å². The first-order valence-electron chi connectivity index (χ1n) is 7.42. The van der Waals surface area contributed by atoms with Crippen molar-refractivity contribution in [1.29, 1.82) is 0 Å². The van der Waals surface area contributed by atoms with Gasteiger partial charge in [0, 0.05) is 0 Å². The standard InChI is InChI=1S/C15H28/c1-2-3-4-8-14-11-7-12-15(14)13-9-5-6-10-13/h13-15H,2-12H2,1H3. The molecule has 15 heavy (non-hydrogen) atoms. The molecular weight excluding hydrogens is 180 g/mol. The summed E-state index contributed by atoms with van der Waals surface area (Å²) in [6, 6.07) is 0. The van der Waals surface area contributed by atoms with E-state index in [0.717, 1.165) is 17.8 Å². The lowest BCUT2D eigenvalue weighted by molar-refractivity contribution is 0.248. The minimum Gasteiger partial charge on any atom is -0.0654 e. The van der Waals surface area contributed by atoms with Crippen LogP contribution in [0.5, 0.6) is 0 Å². The maximum Gasteiger partial charge on any atom is -0.0357 e. The normalized spacial score (nSPS) is 32.6. The minimum absolute atomic E-state index is 1.12. The molecule has 0 heteroatoms. The highest BCUT2D eigenvalue weighted by Crippen LogP contribution is 2.45. The zero-order chi connectivity index (χ0) is 10.5. The van der Waals surface area contributed by atoms with Gasteiger partial charge in [-0.05, 0) is 24.2 Å². The SMILES string of the molecule is CCCCCC1CCCC1C1CCCC1. The van der Waals surface area contributed by atoms with Crippen LogP contribution in [0.4, 0.5) is 0 Å². The molecule has 0 N–H and O–H groups in total. The third-order valence-electron chi connectivity index (χ3n) is 4.90. The molecule has 0 aliphatic heterocycles. The summed E-state index contributed by atoms with van der Waals surface area (Å²) in [5, 5.41) is 0. The fourth-order valence-electron chi connectivity index (χ4n) is 4.09. The maximum absolute atomic E-state index is 2.32. The Kier molecular flexibility index (Phi) is 4.53. The van der Waals surface area contributed by atoms with E-state index in [1.807, 2.05) is 0 Å². The monoisotopic (exact) mass is 208 g/mol. The second kappa shape index (κ2) is 5.92. The lowest BCUT2D eigenvalue weighted by Crippen LogP contribution is -2.16. The molecule has 0 aromatic heterocycles. The molecule has 0 aromatic carbocycles. The predicted molar refractivity (Wildman–Crippen MR) is 66.9 cm³/mol. The molecule has 0 saturated heterocycles. The fraction of sp³-hybridized carbons (Fsp3) is 1.00. The Morgan fingerprint density at radius 2 is 1.67 bits per heavy atom. The molecule has 88 valence electrons. The van der Waals surface area contributed by atoms with Crippen LogP contribution >= 0.6 is 0 Å². The Hall–Kier alpha value is 0. The summed E-state index contributed by atoms with van der Waals surface area (Å²) in [7, 11) is 0. The second-order valence-electron chi connectivity index (χ2n) is 5.90. The molecule has 0 aromatic rings. The summed E-state index contributed by atoms with van der Waals surface area (Å²) in [6.45, 7) is 2.32.